The van der Waals surface area contributed by atoms with Gasteiger partial charge < -0.3 is 16.0 Å². The van der Waals surface area contributed by atoms with Crippen LogP contribution in [-0.4, -0.2) is 24.3 Å². The number of carbonyl (C=O) groups excluding carboxylic acids is 3. The maximum absolute atomic E-state index is 12.3. The van der Waals surface area contributed by atoms with Crippen LogP contribution in [0.15, 0.2) is 66.7 Å². The lowest BCUT2D eigenvalue weighted by molar-refractivity contribution is -0.115. The van der Waals surface area contributed by atoms with Crippen molar-refractivity contribution < 1.29 is 14.4 Å². The molecule has 32 heavy (non-hydrogen) atoms. The summed E-state index contributed by atoms with van der Waals surface area (Å²) in [5, 5.41) is 8.72. The Kier molecular flexibility index (Phi) is 6.52. The number of fused-ring (bicyclic) bond motifs is 1. The molecule has 7 heteroatoms. The molecule has 3 N–H and O–H groups in total. The van der Waals surface area contributed by atoms with Gasteiger partial charge in [-0.15, -0.1) is 0 Å². The zero-order chi connectivity index (χ0) is 22.5. The number of carbonyl (C=O) groups is 3. The molecule has 1 aliphatic rings. The molecule has 0 unspecified atom stereocenters. The molecule has 162 valence electrons. The van der Waals surface area contributed by atoms with E-state index in [0.717, 1.165) is 19.3 Å². The van der Waals surface area contributed by atoms with Gasteiger partial charge in [0.1, 0.15) is 0 Å². The third kappa shape index (κ3) is 5.34. The minimum Gasteiger partial charge on any atom is -0.343 e. The molecule has 0 aliphatic heterocycles. The Morgan fingerprint density at radius 2 is 1.34 bits per heavy atom. The molecule has 0 spiro atoms. The van der Waals surface area contributed by atoms with E-state index in [9.17, 15) is 14.4 Å². The van der Waals surface area contributed by atoms with Crippen LogP contribution >= 0.6 is 11.6 Å². The molecule has 3 aromatic carbocycles. The summed E-state index contributed by atoms with van der Waals surface area (Å²) in [5.74, 6) is -0.861. The number of rotatable bonds is 6. The monoisotopic (exact) mass is 447 g/mol. The van der Waals surface area contributed by atoms with E-state index in [2.05, 4.69) is 16.0 Å². The average molecular weight is 448 g/mol. The first-order valence-electron chi connectivity index (χ1n) is 10.3. The highest BCUT2D eigenvalue weighted by Gasteiger charge is 2.14. The predicted molar refractivity (Wildman–Crippen MR) is 125 cm³/mol. The smallest absolute Gasteiger partial charge is 0.255 e. The Labute approximate surface area is 191 Å². The minimum absolute atomic E-state index is 0.134. The number of halogens is 1. The van der Waals surface area contributed by atoms with Crippen LogP contribution in [0.25, 0.3) is 0 Å². The normalized spacial score (nSPS) is 12.0. The third-order valence-electron chi connectivity index (χ3n) is 5.30. The lowest BCUT2D eigenvalue weighted by atomic mass is 10.1. The van der Waals surface area contributed by atoms with E-state index in [1.807, 2.05) is 12.1 Å². The minimum atomic E-state index is -0.336. The first-order chi connectivity index (χ1) is 15.5. The highest BCUT2D eigenvalue weighted by molar-refractivity contribution is 6.30. The van der Waals surface area contributed by atoms with Crippen LogP contribution < -0.4 is 16.0 Å². The molecular formula is C25H22ClN3O3. The van der Waals surface area contributed by atoms with E-state index >= 15 is 0 Å². The summed E-state index contributed by atoms with van der Waals surface area (Å²) < 4.78 is 0. The number of aryl methyl sites for hydroxylation is 2. The maximum Gasteiger partial charge on any atom is 0.255 e. The molecule has 0 saturated heterocycles. The van der Waals surface area contributed by atoms with E-state index in [-0.39, 0.29) is 24.3 Å². The van der Waals surface area contributed by atoms with Gasteiger partial charge in [-0.1, -0.05) is 17.7 Å². The summed E-state index contributed by atoms with van der Waals surface area (Å²) in [6.07, 6.45) is 3.17. The molecule has 0 saturated carbocycles. The summed E-state index contributed by atoms with van der Waals surface area (Å²) in [7, 11) is 0. The van der Waals surface area contributed by atoms with E-state index in [1.165, 1.54) is 11.1 Å². The summed E-state index contributed by atoms with van der Waals surface area (Å²) >= 11 is 5.84. The molecule has 0 aromatic heterocycles. The van der Waals surface area contributed by atoms with Crippen LogP contribution in [0.5, 0.6) is 0 Å². The number of hydrogen-bond acceptors (Lipinski definition) is 3. The van der Waals surface area contributed by atoms with Crippen LogP contribution in [-0.2, 0) is 17.6 Å². The topological polar surface area (TPSA) is 87.3 Å². The lowest BCUT2D eigenvalue weighted by Gasteiger charge is -2.09. The van der Waals surface area contributed by atoms with Crippen LogP contribution in [0, 0.1) is 0 Å². The van der Waals surface area contributed by atoms with Gasteiger partial charge in [-0.2, -0.15) is 0 Å². The Morgan fingerprint density at radius 3 is 2.06 bits per heavy atom. The van der Waals surface area contributed by atoms with Gasteiger partial charge in [0, 0.05) is 27.5 Å². The van der Waals surface area contributed by atoms with Gasteiger partial charge in [-0.3, -0.25) is 14.4 Å². The van der Waals surface area contributed by atoms with Crippen LogP contribution in [0.3, 0.4) is 0 Å². The Balaban J connectivity index is 1.26. The van der Waals surface area contributed by atoms with Gasteiger partial charge in [0.05, 0.1) is 6.54 Å². The third-order valence-corrected chi connectivity index (χ3v) is 5.56. The summed E-state index contributed by atoms with van der Waals surface area (Å²) in [6, 6.07) is 19.0. The molecule has 0 bridgehead atoms. The number of hydrogen-bond donors (Lipinski definition) is 3. The first-order valence-corrected chi connectivity index (χ1v) is 10.7. The fourth-order valence-electron chi connectivity index (χ4n) is 3.62. The van der Waals surface area contributed by atoms with Crippen molar-refractivity contribution in [3.63, 3.8) is 0 Å². The van der Waals surface area contributed by atoms with Crippen LogP contribution in [0.1, 0.15) is 38.3 Å². The fraction of sp³-hybridized carbons (Fsp3) is 0.160. The maximum atomic E-state index is 12.3. The second-order valence-electron chi connectivity index (χ2n) is 7.61. The average Bonchev–Trinajstić information content (AvgIpc) is 3.27. The van der Waals surface area contributed by atoms with Crippen molar-refractivity contribution in [1.29, 1.82) is 0 Å². The summed E-state index contributed by atoms with van der Waals surface area (Å²) in [5.41, 5.74) is 4.72. The number of benzene rings is 3. The van der Waals surface area contributed by atoms with Crippen molar-refractivity contribution in [1.82, 2.24) is 5.32 Å². The van der Waals surface area contributed by atoms with Crippen molar-refractivity contribution in [2.45, 2.75) is 19.3 Å². The van der Waals surface area contributed by atoms with E-state index < -0.39 is 0 Å². The van der Waals surface area contributed by atoms with Gasteiger partial charge in [0.2, 0.25) is 5.91 Å². The molecule has 3 aromatic rings. The molecule has 6 nitrogen and oxygen atoms in total. The zero-order valence-corrected chi connectivity index (χ0v) is 18.0. The van der Waals surface area contributed by atoms with Crippen molar-refractivity contribution >= 4 is 40.7 Å². The van der Waals surface area contributed by atoms with Gasteiger partial charge in [-0.05, 0) is 91.1 Å². The molecule has 0 heterocycles. The van der Waals surface area contributed by atoms with Crippen molar-refractivity contribution in [2.75, 3.05) is 17.2 Å². The summed E-state index contributed by atoms with van der Waals surface area (Å²) in [6.45, 7) is -0.134. The Morgan fingerprint density at radius 1 is 0.719 bits per heavy atom. The van der Waals surface area contributed by atoms with E-state index in [0.29, 0.717) is 27.5 Å². The predicted octanol–water partition coefficient (Wildman–Crippen LogP) is 4.45. The standard InChI is InChI=1S/C25H22ClN3O3/c26-20-8-6-17(7-9-20)25(32)29-22-12-10-21(11-13-22)28-23(30)15-27-24(31)19-5-4-16-2-1-3-18(16)14-19/h4-14H,1-3,15H2,(H,27,31)(H,28,30)(H,29,32). The lowest BCUT2D eigenvalue weighted by Crippen LogP contribution is -2.32. The van der Waals surface area contributed by atoms with Crippen LogP contribution in [0.2, 0.25) is 5.02 Å². The highest BCUT2D eigenvalue weighted by Crippen LogP contribution is 2.22. The molecule has 0 radical (unpaired) electrons. The quantitative estimate of drug-likeness (QED) is 0.521. The van der Waals surface area contributed by atoms with Gasteiger partial charge in [0.25, 0.3) is 11.8 Å². The Bertz CT molecular complexity index is 1160. The van der Waals surface area contributed by atoms with Crippen LogP contribution in [0.4, 0.5) is 11.4 Å². The molecule has 4 rings (SSSR count). The summed E-state index contributed by atoms with van der Waals surface area (Å²) in [4.78, 5) is 36.8. The second-order valence-corrected chi connectivity index (χ2v) is 8.04. The zero-order valence-electron chi connectivity index (χ0n) is 17.3. The first kappa shape index (κ1) is 21.6. The molecular weight excluding hydrogens is 426 g/mol. The number of anilines is 2. The van der Waals surface area contributed by atoms with Crippen molar-refractivity contribution in [2.24, 2.45) is 0 Å². The second kappa shape index (κ2) is 9.66. The van der Waals surface area contributed by atoms with Gasteiger partial charge in [0.15, 0.2) is 0 Å². The highest BCUT2D eigenvalue weighted by atomic mass is 35.5. The van der Waals surface area contributed by atoms with Crippen molar-refractivity contribution in [3.8, 4) is 0 Å². The molecule has 3 amide bonds. The van der Waals surface area contributed by atoms with E-state index in [1.54, 1.807) is 54.6 Å². The number of nitrogens with one attached hydrogen (secondary N) is 3. The largest absolute Gasteiger partial charge is 0.343 e. The molecule has 0 fully saturated rings. The molecule has 0 atom stereocenters. The van der Waals surface area contributed by atoms with Gasteiger partial charge >= 0.3 is 0 Å². The fourth-order valence-corrected chi connectivity index (χ4v) is 3.75. The molecule has 1 aliphatic carbocycles. The number of amides is 3. The van der Waals surface area contributed by atoms with Crippen molar-refractivity contribution in [3.05, 3.63) is 94.0 Å². The SMILES string of the molecule is O=C(CNC(=O)c1ccc2c(c1)CCC2)Nc1ccc(NC(=O)c2ccc(Cl)cc2)cc1. The van der Waals surface area contributed by atoms with Gasteiger partial charge in [-0.25, -0.2) is 0 Å². The van der Waals surface area contributed by atoms with E-state index in [4.69, 9.17) is 11.6 Å². The Hall–Kier alpha value is -3.64.